The van der Waals surface area contributed by atoms with Gasteiger partial charge in [0.2, 0.25) is 0 Å². The Labute approximate surface area is 207 Å². The van der Waals surface area contributed by atoms with E-state index >= 15 is 0 Å². The Hall–Kier alpha value is -3.11. The minimum atomic E-state index is -3.64. The molecule has 1 aliphatic heterocycles. The zero-order valence-corrected chi connectivity index (χ0v) is 20.0. The van der Waals surface area contributed by atoms with Crippen LogP contribution in [0, 0.1) is 0 Å². The molecule has 0 saturated carbocycles. The number of halogens is 2. The molecule has 11 heteroatoms. The predicted octanol–water partition coefficient (Wildman–Crippen LogP) is 4.54. The molecule has 0 atom stereocenters. The molecule has 34 heavy (non-hydrogen) atoms. The summed E-state index contributed by atoms with van der Waals surface area (Å²) in [4.78, 5) is 25.3. The summed E-state index contributed by atoms with van der Waals surface area (Å²) >= 11 is 12.5. The highest BCUT2D eigenvalue weighted by Crippen LogP contribution is 2.29. The van der Waals surface area contributed by atoms with Gasteiger partial charge in [0, 0.05) is 24.3 Å². The number of carbonyl (C=O) groups excluding carboxylic acids is 2. The normalized spacial score (nSPS) is 14.9. The second-order valence-corrected chi connectivity index (χ2v) is 9.95. The van der Waals surface area contributed by atoms with Gasteiger partial charge in [0.25, 0.3) is 11.8 Å². The second kappa shape index (κ2) is 10.0. The molecule has 2 amide bonds. The van der Waals surface area contributed by atoms with Gasteiger partial charge in [-0.25, -0.2) is 0 Å². The summed E-state index contributed by atoms with van der Waals surface area (Å²) < 4.78 is 28.1. The molecular weight excluding hydrogens is 499 g/mol. The number of nitrogens with zero attached hydrogens (tertiary/aromatic N) is 1. The summed E-state index contributed by atoms with van der Waals surface area (Å²) in [5.74, 6) is -0.842. The molecule has 0 unspecified atom stereocenters. The molecule has 4 rings (SSSR count). The van der Waals surface area contributed by atoms with Crippen LogP contribution in [-0.2, 0) is 10.2 Å². The third-order valence-corrected chi connectivity index (χ3v) is 7.29. The standard InChI is InChI=1S/C23H20Cl2N4O4S/c24-19-10-7-16(13-21(19)28-22(30)15-5-2-1-3-6-15)27-23(31)18-9-8-17(14-20(18)25)29-12-4-11-26-34(29,32)33/h1-3,5-10,13-14,26H,4,11-12H2,(H,27,31)(H,28,30). The van der Waals surface area contributed by atoms with Crippen molar-refractivity contribution >= 4 is 62.3 Å². The van der Waals surface area contributed by atoms with Crippen molar-refractivity contribution in [1.29, 1.82) is 0 Å². The van der Waals surface area contributed by atoms with E-state index in [1.165, 1.54) is 28.6 Å². The maximum atomic E-state index is 12.8. The van der Waals surface area contributed by atoms with Crippen LogP contribution in [0.25, 0.3) is 0 Å². The summed E-state index contributed by atoms with van der Waals surface area (Å²) in [6.07, 6.45) is 0.652. The van der Waals surface area contributed by atoms with Gasteiger partial charge in [-0.15, -0.1) is 0 Å². The van der Waals surface area contributed by atoms with Crippen molar-refractivity contribution in [2.24, 2.45) is 0 Å². The van der Waals surface area contributed by atoms with Crippen LogP contribution < -0.4 is 19.7 Å². The van der Waals surface area contributed by atoms with Crippen molar-refractivity contribution in [3.63, 3.8) is 0 Å². The van der Waals surface area contributed by atoms with E-state index in [1.807, 2.05) is 0 Å². The summed E-state index contributed by atoms with van der Waals surface area (Å²) in [6.45, 7) is 0.696. The second-order valence-electron chi connectivity index (χ2n) is 7.46. The van der Waals surface area contributed by atoms with Crippen LogP contribution in [0.1, 0.15) is 27.1 Å². The predicted molar refractivity (Wildman–Crippen MR) is 134 cm³/mol. The minimum absolute atomic E-state index is 0.0994. The van der Waals surface area contributed by atoms with Gasteiger partial charge in [-0.2, -0.15) is 13.1 Å². The highest BCUT2D eigenvalue weighted by atomic mass is 35.5. The maximum absolute atomic E-state index is 12.8. The average Bonchev–Trinajstić information content (AvgIpc) is 2.81. The summed E-state index contributed by atoms with van der Waals surface area (Å²) in [7, 11) is -3.64. The number of amides is 2. The lowest BCUT2D eigenvalue weighted by Crippen LogP contribution is -2.47. The smallest absolute Gasteiger partial charge is 0.301 e. The van der Waals surface area contributed by atoms with Gasteiger partial charge >= 0.3 is 10.2 Å². The Kier molecular flexibility index (Phi) is 7.08. The van der Waals surface area contributed by atoms with E-state index in [9.17, 15) is 18.0 Å². The molecule has 3 aromatic rings. The first-order valence-electron chi connectivity index (χ1n) is 10.3. The highest BCUT2D eigenvalue weighted by molar-refractivity contribution is 7.90. The van der Waals surface area contributed by atoms with Crippen molar-refractivity contribution in [2.45, 2.75) is 6.42 Å². The summed E-state index contributed by atoms with van der Waals surface area (Å²) in [5, 5.41) is 5.85. The third kappa shape index (κ3) is 5.34. The van der Waals surface area contributed by atoms with Crippen LogP contribution in [-0.4, -0.2) is 33.3 Å². The molecule has 8 nitrogen and oxygen atoms in total. The van der Waals surface area contributed by atoms with Gasteiger partial charge in [-0.3, -0.25) is 13.9 Å². The van der Waals surface area contributed by atoms with E-state index in [-0.39, 0.29) is 16.5 Å². The number of hydrogen-bond acceptors (Lipinski definition) is 4. The van der Waals surface area contributed by atoms with Crippen LogP contribution in [0.15, 0.2) is 66.7 Å². The lowest BCUT2D eigenvalue weighted by Gasteiger charge is -2.28. The van der Waals surface area contributed by atoms with Crippen molar-refractivity contribution in [3.05, 3.63) is 87.9 Å². The van der Waals surface area contributed by atoms with Crippen LogP contribution >= 0.6 is 23.2 Å². The molecule has 0 spiro atoms. The van der Waals surface area contributed by atoms with E-state index in [1.54, 1.807) is 42.5 Å². The van der Waals surface area contributed by atoms with Crippen molar-refractivity contribution in [1.82, 2.24) is 4.72 Å². The van der Waals surface area contributed by atoms with E-state index in [0.717, 1.165) is 0 Å². The molecule has 0 bridgehead atoms. The fraction of sp³-hybridized carbons (Fsp3) is 0.130. The molecule has 1 saturated heterocycles. The largest absolute Gasteiger partial charge is 0.322 e. The zero-order chi connectivity index (χ0) is 24.3. The molecule has 3 aromatic carbocycles. The summed E-state index contributed by atoms with van der Waals surface area (Å²) in [5.41, 5.74) is 1.72. The van der Waals surface area contributed by atoms with Gasteiger partial charge in [0.1, 0.15) is 0 Å². The molecule has 0 aliphatic carbocycles. The van der Waals surface area contributed by atoms with E-state index in [2.05, 4.69) is 15.4 Å². The molecule has 176 valence electrons. The van der Waals surface area contributed by atoms with E-state index in [4.69, 9.17) is 23.2 Å². The molecule has 3 N–H and O–H groups in total. The fourth-order valence-electron chi connectivity index (χ4n) is 3.41. The number of rotatable bonds is 5. The quantitative estimate of drug-likeness (QED) is 0.460. The number of carbonyl (C=O) groups is 2. The topological polar surface area (TPSA) is 108 Å². The fourth-order valence-corrected chi connectivity index (χ4v) is 5.16. The molecule has 0 radical (unpaired) electrons. The van der Waals surface area contributed by atoms with Gasteiger partial charge < -0.3 is 10.6 Å². The molecule has 1 heterocycles. The molecule has 1 fully saturated rings. The number of hydrogen-bond donors (Lipinski definition) is 3. The number of anilines is 3. The van der Waals surface area contributed by atoms with Crippen molar-refractivity contribution < 1.29 is 18.0 Å². The summed E-state index contributed by atoms with van der Waals surface area (Å²) in [6, 6.07) is 17.8. The SMILES string of the molecule is O=C(Nc1cc(NC(=O)c2ccc(N3CCCNS3(=O)=O)cc2Cl)ccc1Cl)c1ccccc1. The van der Waals surface area contributed by atoms with Gasteiger partial charge in [-0.1, -0.05) is 41.4 Å². The Balaban J connectivity index is 1.50. The highest BCUT2D eigenvalue weighted by Gasteiger charge is 2.26. The molecular formula is C23H20Cl2N4O4S. The Morgan fingerprint density at radius 2 is 1.65 bits per heavy atom. The van der Waals surface area contributed by atoms with Gasteiger partial charge in [0.15, 0.2) is 0 Å². The Morgan fingerprint density at radius 3 is 2.35 bits per heavy atom. The first-order valence-corrected chi connectivity index (χ1v) is 12.5. The van der Waals surface area contributed by atoms with Crippen LogP contribution in [0.5, 0.6) is 0 Å². The van der Waals surface area contributed by atoms with Crippen LogP contribution in [0.4, 0.5) is 17.1 Å². The van der Waals surface area contributed by atoms with Gasteiger partial charge in [0.05, 0.1) is 27.0 Å². The minimum Gasteiger partial charge on any atom is -0.322 e. The van der Waals surface area contributed by atoms with Crippen molar-refractivity contribution in [3.8, 4) is 0 Å². The van der Waals surface area contributed by atoms with Gasteiger partial charge in [-0.05, 0) is 55.0 Å². The molecule has 0 aromatic heterocycles. The zero-order valence-electron chi connectivity index (χ0n) is 17.7. The lowest BCUT2D eigenvalue weighted by atomic mass is 10.1. The van der Waals surface area contributed by atoms with E-state index < -0.39 is 16.1 Å². The average molecular weight is 519 g/mol. The lowest BCUT2D eigenvalue weighted by molar-refractivity contribution is 0.101. The molecule has 1 aliphatic rings. The van der Waals surface area contributed by atoms with Crippen molar-refractivity contribution in [2.75, 3.05) is 28.0 Å². The number of nitrogens with one attached hydrogen (secondary N) is 3. The first kappa shape index (κ1) is 24.0. The Morgan fingerprint density at radius 1 is 0.882 bits per heavy atom. The van der Waals surface area contributed by atoms with E-state index in [0.29, 0.717) is 47.2 Å². The van der Waals surface area contributed by atoms with Crippen LogP contribution in [0.2, 0.25) is 10.0 Å². The number of benzene rings is 3. The first-order chi connectivity index (χ1) is 16.2. The van der Waals surface area contributed by atoms with Crippen LogP contribution in [0.3, 0.4) is 0 Å². The monoisotopic (exact) mass is 518 g/mol. The maximum Gasteiger partial charge on any atom is 0.301 e. The Bertz CT molecular complexity index is 1350. The third-order valence-electron chi connectivity index (χ3n) is 5.11.